The van der Waals surface area contributed by atoms with Crippen molar-refractivity contribution in [2.45, 2.75) is 25.0 Å². The van der Waals surface area contributed by atoms with Crippen LogP contribution in [0.2, 0.25) is 0 Å². The standard InChI is InChI=1S/C18H22N2O3/c1-22-18-8-10-20(17(21)15(18)7-11-23-18)9-6-13-12-19-16-5-3-2-4-14(13)16/h2-5,12,15,19H,6-11H2,1H3. The molecule has 122 valence electrons. The van der Waals surface area contributed by atoms with E-state index in [2.05, 4.69) is 29.4 Å². The van der Waals surface area contributed by atoms with Crippen molar-refractivity contribution in [3.05, 3.63) is 36.0 Å². The zero-order chi connectivity index (χ0) is 15.9. The first-order valence-electron chi connectivity index (χ1n) is 8.26. The summed E-state index contributed by atoms with van der Waals surface area (Å²) < 4.78 is 11.3. The Bertz CT molecular complexity index is 726. The second kappa shape index (κ2) is 5.65. The van der Waals surface area contributed by atoms with Crippen LogP contribution in [0, 0.1) is 5.92 Å². The fraction of sp³-hybridized carbons (Fsp3) is 0.500. The molecule has 5 heteroatoms. The van der Waals surface area contributed by atoms with E-state index >= 15 is 0 Å². The van der Waals surface area contributed by atoms with Gasteiger partial charge >= 0.3 is 0 Å². The maximum absolute atomic E-state index is 12.8. The number of benzene rings is 1. The van der Waals surface area contributed by atoms with Crippen LogP contribution in [0.1, 0.15) is 18.4 Å². The predicted molar refractivity (Wildman–Crippen MR) is 87.0 cm³/mol. The van der Waals surface area contributed by atoms with Gasteiger partial charge in [0.2, 0.25) is 5.91 Å². The molecular weight excluding hydrogens is 292 g/mol. The zero-order valence-electron chi connectivity index (χ0n) is 13.4. The van der Waals surface area contributed by atoms with Gasteiger partial charge in [-0.25, -0.2) is 0 Å². The summed E-state index contributed by atoms with van der Waals surface area (Å²) in [6.45, 7) is 2.06. The van der Waals surface area contributed by atoms with Crippen molar-refractivity contribution < 1.29 is 14.3 Å². The number of methoxy groups -OCH3 is 1. The third-order valence-corrected chi connectivity index (χ3v) is 5.30. The number of likely N-dealkylation sites (tertiary alicyclic amines) is 1. The first-order chi connectivity index (χ1) is 11.2. The van der Waals surface area contributed by atoms with Gasteiger partial charge in [0.15, 0.2) is 5.79 Å². The molecule has 0 spiro atoms. The summed E-state index contributed by atoms with van der Waals surface area (Å²) in [5.74, 6) is -0.645. The van der Waals surface area contributed by atoms with Crippen molar-refractivity contribution in [3.63, 3.8) is 0 Å². The molecule has 0 aliphatic carbocycles. The minimum atomic E-state index is -0.672. The molecule has 2 aromatic rings. The van der Waals surface area contributed by atoms with Gasteiger partial charge in [-0.05, 0) is 24.5 Å². The van der Waals surface area contributed by atoms with Crippen LogP contribution in [0.3, 0.4) is 0 Å². The molecule has 4 rings (SSSR count). The van der Waals surface area contributed by atoms with E-state index in [-0.39, 0.29) is 11.8 Å². The van der Waals surface area contributed by atoms with Crippen molar-refractivity contribution in [2.75, 3.05) is 26.8 Å². The second-order valence-electron chi connectivity index (χ2n) is 6.39. The number of hydrogen-bond acceptors (Lipinski definition) is 3. The highest BCUT2D eigenvalue weighted by Gasteiger charge is 2.52. The van der Waals surface area contributed by atoms with E-state index < -0.39 is 5.79 Å². The number of hydrogen-bond donors (Lipinski definition) is 1. The second-order valence-corrected chi connectivity index (χ2v) is 6.39. The van der Waals surface area contributed by atoms with E-state index in [9.17, 15) is 4.79 Å². The summed E-state index contributed by atoms with van der Waals surface area (Å²) in [6, 6.07) is 8.28. The number of aromatic nitrogens is 1. The summed E-state index contributed by atoms with van der Waals surface area (Å²) in [5, 5.41) is 1.24. The molecule has 1 N–H and O–H groups in total. The number of H-pyrrole nitrogens is 1. The van der Waals surface area contributed by atoms with Crippen LogP contribution in [0.25, 0.3) is 10.9 Å². The zero-order valence-corrected chi connectivity index (χ0v) is 13.4. The molecule has 5 nitrogen and oxygen atoms in total. The molecule has 2 saturated heterocycles. The van der Waals surface area contributed by atoms with Gasteiger partial charge in [-0.3, -0.25) is 4.79 Å². The van der Waals surface area contributed by atoms with Gasteiger partial charge in [-0.1, -0.05) is 18.2 Å². The minimum Gasteiger partial charge on any atom is -0.361 e. The van der Waals surface area contributed by atoms with Crippen LogP contribution in [0.4, 0.5) is 0 Å². The van der Waals surface area contributed by atoms with E-state index in [0.29, 0.717) is 13.2 Å². The molecule has 2 aliphatic rings. The average molecular weight is 314 g/mol. The largest absolute Gasteiger partial charge is 0.361 e. The lowest BCUT2D eigenvalue weighted by Crippen LogP contribution is -2.54. The summed E-state index contributed by atoms with van der Waals surface area (Å²) in [7, 11) is 1.65. The van der Waals surface area contributed by atoms with Crippen LogP contribution in [0.5, 0.6) is 0 Å². The van der Waals surface area contributed by atoms with Gasteiger partial charge < -0.3 is 19.4 Å². The highest BCUT2D eigenvalue weighted by molar-refractivity contribution is 5.83. The normalized spacial score (nSPS) is 27.6. The van der Waals surface area contributed by atoms with Crippen LogP contribution < -0.4 is 0 Å². The first kappa shape index (κ1) is 14.7. The van der Waals surface area contributed by atoms with Gasteiger partial charge in [0.05, 0.1) is 12.5 Å². The Morgan fingerprint density at radius 3 is 3.17 bits per heavy atom. The molecule has 2 unspecified atom stereocenters. The highest BCUT2D eigenvalue weighted by atomic mass is 16.7. The Morgan fingerprint density at radius 2 is 2.30 bits per heavy atom. The van der Waals surface area contributed by atoms with Crippen molar-refractivity contribution in [1.29, 1.82) is 0 Å². The molecule has 2 atom stereocenters. The molecule has 2 fully saturated rings. The average Bonchev–Trinajstić information content (AvgIpc) is 3.19. The molecule has 3 heterocycles. The summed E-state index contributed by atoms with van der Waals surface area (Å²) >= 11 is 0. The number of nitrogens with one attached hydrogen (secondary N) is 1. The highest BCUT2D eigenvalue weighted by Crippen LogP contribution is 2.40. The molecular formula is C18H22N2O3. The van der Waals surface area contributed by atoms with Crippen LogP contribution >= 0.6 is 0 Å². The smallest absolute Gasteiger partial charge is 0.231 e. The molecule has 23 heavy (non-hydrogen) atoms. The van der Waals surface area contributed by atoms with Crippen LogP contribution in [-0.2, 0) is 20.7 Å². The molecule has 0 radical (unpaired) electrons. The maximum atomic E-state index is 12.8. The first-order valence-corrected chi connectivity index (χ1v) is 8.26. The number of amides is 1. The third-order valence-electron chi connectivity index (χ3n) is 5.30. The lowest BCUT2D eigenvalue weighted by atomic mass is 9.89. The molecule has 0 bridgehead atoms. The molecule has 1 aromatic heterocycles. The number of carbonyl (C=O) groups excluding carboxylic acids is 1. The number of ether oxygens (including phenoxy) is 2. The minimum absolute atomic E-state index is 0.149. The Morgan fingerprint density at radius 1 is 1.43 bits per heavy atom. The van der Waals surface area contributed by atoms with Crippen molar-refractivity contribution >= 4 is 16.8 Å². The van der Waals surface area contributed by atoms with E-state index in [0.717, 1.165) is 31.3 Å². The SMILES string of the molecule is COC12CCN(CCc3c[nH]c4ccccc34)C(=O)C1CCO2. The van der Waals surface area contributed by atoms with E-state index in [4.69, 9.17) is 9.47 Å². The number of aromatic amines is 1. The van der Waals surface area contributed by atoms with Crippen molar-refractivity contribution in [1.82, 2.24) is 9.88 Å². The number of para-hydroxylation sites is 1. The molecule has 2 aliphatic heterocycles. The molecule has 1 amide bonds. The van der Waals surface area contributed by atoms with Gasteiger partial charge in [0.1, 0.15) is 0 Å². The summed E-state index contributed by atoms with van der Waals surface area (Å²) in [6.07, 6.45) is 4.44. The Kier molecular flexibility index (Phi) is 3.62. The molecule has 1 aromatic carbocycles. The number of piperidine rings is 1. The number of nitrogens with zero attached hydrogens (tertiary/aromatic N) is 1. The monoisotopic (exact) mass is 314 g/mol. The third kappa shape index (κ3) is 2.35. The topological polar surface area (TPSA) is 54.6 Å². The van der Waals surface area contributed by atoms with E-state index in [1.807, 2.05) is 11.0 Å². The lowest BCUT2D eigenvalue weighted by molar-refractivity contribution is -0.233. The summed E-state index contributed by atoms with van der Waals surface area (Å²) in [4.78, 5) is 18.0. The van der Waals surface area contributed by atoms with Crippen molar-refractivity contribution in [2.24, 2.45) is 5.92 Å². The summed E-state index contributed by atoms with van der Waals surface area (Å²) in [5.41, 5.74) is 2.41. The van der Waals surface area contributed by atoms with Crippen LogP contribution in [0.15, 0.2) is 30.5 Å². The van der Waals surface area contributed by atoms with Crippen molar-refractivity contribution in [3.8, 4) is 0 Å². The van der Waals surface area contributed by atoms with Gasteiger partial charge in [-0.15, -0.1) is 0 Å². The fourth-order valence-electron chi connectivity index (χ4n) is 3.97. The Labute approximate surface area is 135 Å². The fourth-order valence-corrected chi connectivity index (χ4v) is 3.97. The Balaban J connectivity index is 1.47. The Hall–Kier alpha value is -1.85. The van der Waals surface area contributed by atoms with E-state index in [1.54, 1.807) is 7.11 Å². The maximum Gasteiger partial charge on any atom is 0.231 e. The van der Waals surface area contributed by atoms with Gasteiger partial charge in [0.25, 0.3) is 0 Å². The van der Waals surface area contributed by atoms with Gasteiger partial charge in [-0.2, -0.15) is 0 Å². The number of rotatable bonds is 4. The van der Waals surface area contributed by atoms with E-state index in [1.165, 1.54) is 10.9 Å². The lowest BCUT2D eigenvalue weighted by Gasteiger charge is -2.41. The number of fused-ring (bicyclic) bond motifs is 2. The van der Waals surface area contributed by atoms with Crippen LogP contribution in [-0.4, -0.2) is 48.4 Å². The number of carbonyl (C=O) groups is 1. The van der Waals surface area contributed by atoms with Gasteiger partial charge in [0, 0.05) is 43.7 Å². The predicted octanol–water partition coefficient (Wildman–Crippen LogP) is 2.32. The quantitative estimate of drug-likeness (QED) is 0.942. The molecule has 0 saturated carbocycles.